The first-order valence-corrected chi connectivity index (χ1v) is 26.7. The molecule has 3 aromatic rings. The van der Waals surface area contributed by atoms with Crippen LogP contribution in [0, 0.1) is 0 Å². The van der Waals surface area contributed by atoms with Gasteiger partial charge in [-0.05, 0) is 103 Å². The van der Waals surface area contributed by atoms with Gasteiger partial charge in [-0.25, -0.2) is 4.79 Å². The number of halogens is 6. The normalized spacial score (nSPS) is 16.5. The van der Waals surface area contributed by atoms with Crippen LogP contribution in [0.2, 0.25) is 0 Å². The molecule has 0 aromatic heterocycles. The standard InChI is InChI=1S/C30H43F3N4O6.C27H32F3N3O4/c1-20(38)14-15-24(34-25(39)21(2)35(6)28(42)43-29(3,4)5)26(40)37-17-10-13-23(37)19-36(27(41)30(31,32)33)18-16-22-11-8-7-9-12-22;28-27(29,30)26(36)32(17-15-20-8-3-1-4-9-20)18-22-12-7-16-33(22)25(35)23(31)13-14-24(34)37-19-21-10-5-2-6-11-21/h7-9,11-12,21,23-24H,10,13-19H2,1-6H3,(H,34,39);1-6,8-11,22-23H,7,12-19,31H2/t21-,23-,24-;22-,23-/m00/s1. The van der Waals surface area contributed by atoms with Crippen molar-refractivity contribution in [3.05, 3.63) is 108 Å². The van der Waals surface area contributed by atoms with Crippen LogP contribution in [0.15, 0.2) is 91.0 Å². The quantitative estimate of drug-likeness (QED) is 0.0718. The summed E-state index contributed by atoms with van der Waals surface area (Å²) in [6.07, 6.45) is -8.55. The van der Waals surface area contributed by atoms with Crippen molar-refractivity contribution >= 4 is 47.4 Å². The average molecular weight is 1130 g/mol. The van der Waals surface area contributed by atoms with E-state index in [4.69, 9.17) is 15.2 Å². The van der Waals surface area contributed by atoms with Crippen LogP contribution in [0.1, 0.15) is 103 Å². The number of carbonyl (C=O) groups is 8. The van der Waals surface area contributed by atoms with Gasteiger partial charge in [0.05, 0.1) is 6.04 Å². The second kappa shape index (κ2) is 30.5. The maximum absolute atomic E-state index is 13.7. The van der Waals surface area contributed by atoms with Gasteiger partial charge in [0.25, 0.3) is 0 Å². The number of likely N-dealkylation sites (tertiary alicyclic amines) is 2. The topological polar surface area (TPSA) is 209 Å². The summed E-state index contributed by atoms with van der Waals surface area (Å²) in [6, 6.07) is 22.4. The van der Waals surface area contributed by atoms with Crippen LogP contribution in [0.4, 0.5) is 31.1 Å². The van der Waals surface area contributed by atoms with E-state index in [1.807, 2.05) is 30.3 Å². The summed E-state index contributed by atoms with van der Waals surface area (Å²) in [5, 5.41) is 2.62. The van der Waals surface area contributed by atoms with Gasteiger partial charge >= 0.3 is 36.2 Å². The summed E-state index contributed by atoms with van der Waals surface area (Å²) in [7, 11) is 1.38. The smallest absolute Gasteiger partial charge is 0.461 e. The van der Waals surface area contributed by atoms with Gasteiger partial charge in [-0.1, -0.05) is 91.0 Å². The molecule has 0 aliphatic carbocycles. The minimum Gasteiger partial charge on any atom is -0.461 e. The molecule has 5 rings (SSSR count). The zero-order valence-electron chi connectivity index (χ0n) is 46.2. The number of nitrogens with two attached hydrogens (primary N) is 1. The van der Waals surface area contributed by atoms with Gasteiger partial charge in [-0.15, -0.1) is 0 Å². The Bertz CT molecular complexity index is 2520. The average Bonchev–Trinajstić information content (AvgIpc) is 4.09. The molecule has 6 amide bonds. The number of hydrogen-bond acceptors (Lipinski definition) is 11. The molecule has 2 aliphatic heterocycles. The van der Waals surface area contributed by atoms with Crippen molar-refractivity contribution in [1.29, 1.82) is 0 Å². The first-order valence-electron chi connectivity index (χ1n) is 26.7. The van der Waals surface area contributed by atoms with Gasteiger partial charge in [-0.3, -0.25) is 33.7 Å². The Kier molecular flexibility index (Phi) is 25.0. The first-order chi connectivity index (χ1) is 37.5. The van der Waals surface area contributed by atoms with E-state index < -0.39 is 89.8 Å². The van der Waals surface area contributed by atoms with Crippen LogP contribution in [0.3, 0.4) is 0 Å². The lowest BCUT2D eigenvalue weighted by molar-refractivity contribution is -0.186. The van der Waals surface area contributed by atoms with E-state index in [9.17, 15) is 64.7 Å². The van der Waals surface area contributed by atoms with Crippen LogP contribution in [0.25, 0.3) is 0 Å². The predicted octanol–water partition coefficient (Wildman–Crippen LogP) is 7.18. The molecular weight excluding hydrogens is 1060 g/mol. The number of ketones is 1. The van der Waals surface area contributed by atoms with Crippen molar-refractivity contribution < 1.29 is 74.2 Å². The van der Waals surface area contributed by atoms with E-state index in [2.05, 4.69) is 5.32 Å². The zero-order valence-corrected chi connectivity index (χ0v) is 46.2. The molecule has 5 atom stereocenters. The second-order valence-corrected chi connectivity index (χ2v) is 21.0. The van der Waals surface area contributed by atoms with E-state index in [1.54, 1.807) is 81.4 Å². The van der Waals surface area contributed by atoms with E-state index in [1.165, 1.54) is 30.7 Å². The maximum Gasteiger partial charge on any atom is 0.471 e. The van der Waals surface area contributed by atoms with Crippen molar-refractivity contribution in [2.24, 2.45) is 5.73 Å². The fourth-order valence-electron chi connectivity index (χ4n) is 9.05. The Morgan fingerprint density at radius 3 is 1.52 bits per heavy atom. The van der Waals surface area contributed by atoms with Crippen molar-refractivity contribution in [2.75, 3.05) is 46.3 Å². The molecule has 0 spiro atoms. The minimum absolute atomic E-state index is 0.0265. The molecule has 17 nitrogen and oxygen atoms in total. The molecule has 440 valence electrons. The Morgan fingerprint density at radius 1 is 0.662 bits per heavy atom. The molecule has 3 aromatic carbocycles. The highest BCUT2D eigenvalue weighted by atomic mass is 19.4. The molecule has 3 N–H and O–H groups in total. The third kappa shape index (κ3) is 21.5. The molecule has 2 fully saturated rings. The van der Waals surface area contributed by atoms with Crippen LogP contribution >= 0.6 is 0 Å². The monoisotopic (exact) mass is 1130 g/mol. The number of nitrogens with zero attached hydrogens (tertiary/aromatic N) is 5. The molecule has 0 saturated carbocycles. The number of benzene rings is 3. The summed E-state index contributed by atoms with van der Waals surface area (Å²) in [4.78, 5) is 106. The number of alkyl halides is 6. The SMILES string of the molecule is CC(=O)CC[C@H](NC(=O)[C@H](C)N(C)C(=O)OC(C)(C)C)C(=O)N1CCC[C@H]1CN(CCc1ccccc1)C(=O)C(F)(F)F.N[C@@H](CCC(=O)OCc1ccccc1)C(=O)N1CCC[C@H]1CN(CCc1ccccc1)C(=O)C(F)(F)F. The third-order valence-corrected chi connectivity index (χ3v) is 13.5. The number of likely N-dealkylation sites (N-methyl/N-ethyl adjacent to an activating group) is 1. The van der Waals surface area contributed by atoms with Crippen LogP contribution in [-0.2, 0) is 62.5 Å². The van der Waals surface area contributed by atoms with Gasteiger partial charge in [0.15, 0.2) is 0 Å². The molecule has 23 heteroatoms. The number of amides is 6. The Hall–Kier alpha value is -7.04. The lowest BCUT2D eigenvalue weighted by Crippen LogP contribution is -2.56. The summed E-state index contributed by atoms with van der Waals surface area (Å²) in [5.74, 6) is -6.29. The molecule has 2 aliphatic rings. The molecule has 0 bridgehead atoms. The van der Waals surface area contributed by atoms with Crippen molar-refractivity contribution in [3.8, 4) is 0 Å². The summed E-state index contributed by atoms with van der Waals surface area (Å²) in [6.45, 7) is 7.62. The summed E-state index contributed by atoms with van der Waals surface area (Å²) < 4.78 is 90.9. The van der Waals surface area contributed by atoms with Crippen LogP contribution in [0.5, 0.6) is 0 Å². The Labute approximate surface area is 463 Å². The molecule has 0 radical (unpaired) electrons. The maximum atomic E-state index is 13.7. The van der Waals surface area contributed by atoms with E-state index in [-0.39, 0.29) is 83.6 Å². The number of hydrogen-bond donors (Lipinski definition) is 2. The van der Waals surface area contributed by atoms with E-state index in [0.29, 0.717) is 32.2 Å². The molecular formula is C57H75F6N7O10. The Morgan fingerprint density at radius 2 is 1.10 bits per heavy atom. The van der Waals surface area contributed by atoms with Gasteiger partial charge in [-0.2, -0.15) is 26.3 Å². The number of ether oxygens (including phenoxy) is 2. The van der Waals surface area contributed by atoms with Gasteiger partial charge in [0.2, 0.25) is 17.7 Å². The highest BCUT2D eigenvalue weighted by Crippen LogP contribution is 2.27. The lowest BCUT2D eigenvalue weighted by atomic mass is 10.1. The number of nitrogens with one attached hydrogen (secondary N) is 1. The minimum atomic E-state index is -5.08. The van der Waals surface area contributed by atoms with Gasteiger partial charge < -0.3 is 44.9 Å². The Balaban J connectivity index is 0.000000348. The molecule has 2 saturated heterocycles. The lowest BCUT2D eigenvalue weighted by Gasteiger charge is -2.34. The fraction of sp³-hybridized carbons (Fsp3) is 0.544. The number of esters is 1. The molecule has 80 heavy (non-hydrogen) atoms. The number of rotatable bonds is 23. The molecule has 2 heterocycles. The van der Waals surface area contributed by atoms with Crippen molar-refractivity contribution in [3.63, 3.8) is 0 Å². The number of carbonyl (C=O) groups excluding carboxylic acids is 8. The predicted molar refractivity (Wildman–Crippen MR) is 284 cm³/mol. The van der Waals surface area contributed by atoms with E-state index in [0.717, 1.165) is 31.4 Å². The molecule has 0 unspecified atom stereocenters. The highest BCUT2D eigenvalue weighted by molar-refractivity contribution is 5.92. The summed E-state index contributed by atoms with van der Waals surface area (Å²) >= 11 is 0. The third-order valence-electron chi connectivity index (χ3n) is 13.5. The van der Waals surface area contributed by atoms with Gasteiger partial charge in [0, 0.05) is 71.2 Å². The first kappa shape index (κ1) is 65.5. The van der Waals surface area contributed by atoms with Crippen molar-refractivity contribution in [2.45, 2.75) is 154 Å². The van der Waals surface area contributed by atoms with Crippen LogP contribution in [-0.4, -0.2) is 166 Å². The largest absolute Gasteiger partial charge is 0.471 e. The second-order valence-electron chi connectivity index (χ2n) is 21.0. The fourth-order valence-corrected chi connectivity index (χ4v) is 9.05. The van der Waals surface area contributed by atoms with Gasteiger partial charge in [0.1, 0.15) is 30.1 Å². The highest BCUT2D eigenvalue weighted by Gasteiger charge is 2.46. The van der Waals surface area contributed by atoms with E-state index >= 15 is 0 Å². The van der Waals surface area contributed by atoms with Crippen LogP contribution < -0.4 is 11.1 Å². The zero-order chi connectivity index (χ0) is 59.4. The van der Waals surface area contributed by atoms with Crippen molar-refractivity contribution in [1.82, 2.24) is 29.8 Å². The number of Topliss-reactive ketones (excluding diaryl/α,β-unsaturated/α-hetero) is 1. The summed E-state index contributed by atoms with van der Waals surface area (Å²) in [5.41, 5.74) is 7.66.